The summed E-state index contributed by atoms with van der Waals surface area (Å²) in [5.41, 5.74) is 3.26. The Kier molecular flexibility index (Phi) is 5.60. The molecule has 1 aliphatic rings. The zero-order valence-corrected chi connectivity index (χ0v) is 16.9. The Labute approximate surface area is 171 Å². The quantitative estimate of drug-likeness (QED) is 0.659. The fraction of sp³-hybridized carbons (Fsp3) is 0.304. The van der Waals surface area contributed by atoms with Gasteiger partial charge in [-0.25, -0.2) is 9.37 Å². The standard InChI is InChI=1S/C23H26FN5/c1-18-16-22(26-23(25-18)27(2)17-19-6-4-3-5-7-19)29-14-12-28(13-15-29)21-10-8-20(24)9-11-21/h3-11,16H,12-15,17H2,1-2H3. The number of halogens is 1. The highest BCUT2D eigenvalue weighted by molar-refractivity contribution is 5.51. The van der Waals surface area contributed by atoms with Gasteiger partial charge in [-0.3, -0.25) is 0 Å². The minimum Gasteiger partial charge on any atom is -0.368 e. The molecule has 0 saturated carbocycles. The third kappa shape index (κ3) is 4.65. The van der Waals surface area contributed by atoms with Crippen LogP contribution in [0.15, 0.2) is 60.7 Å². The molecule has 4 rings (SSSR count). The predicted molar refractivity (Wildman–Crippen MR) is 116 cm³/mol. The number of nitrogens with zero attached hydrogens (tertiary/aromatic N) is 5. The summed E-state index contributed by atoms with van der Waals surface area (Å²) in [6.45, 7) is 6.28. The van der Waals surface area contributed by atoms with Crippen LogP contribution in [0.4, 0.5) is 21.8 Å². The first-order valence-corrected chi connectivity index (χ1v) is 9.95. The van der Waals surface area contributed by atoms with E-state index >= 15 is 0 Å². The van der Waals surface area contributed by atoms with E-state index in [0.717, 1.165) is 55.9 Å². The molecule has 0 aliphatic carbocycles. The molecule has 150 valence electrons. The molecule has 0 radical (unpaired) electrons. The molecule has 2 aromatic carbocycles. The average Bonchev–Trinajstić information content (AvgIpc) is 2.75. The number of hydrogen-bond acceptors (Lipinski definition) is 5. The molecule has 3 aromatic rings. The van der Waals surface area contributed by atoms with Crippen LogP contribution in [0.2, 0.25) is 0 Å². The first kappa shape index (κ1) is 19.2. The lowest BCUT2D eigenvalue weighted by Gasteiger charge is -2.37. The van der Waals surface area contributed by atoms with Gasteiger partial charge in [0.2, 0.25) is 5.95 Å². The number of aromatic nitrogens is 2. The van der Waals surface area contributed by atoms with Crippen LogP contribution in [0.1, 0.15) is 11.3 Å². The van der Waals surface area contributed by atoms with Gasteiger partial charge in [0.25, 0.3) is 0 Å². The van der Waals surface area contributed by atoms with Crippen molar-refractivity contribution < 1.29 is 4.39 Å². The molecule has 0 bridgehead atoms. The van der Waals surface area contributed by atoms with Crippen LogP contribution in [0, 0.1) is 12.7 Å². The van der Waals surface area contributed by atoms with E-state index in [-0.39, 0.29) is 5.82 Å². The molecule has 0 amide bonds. The van der Waals surface area contributed by atoms with Gasteiger partial charge in [-0.05, 0) is 36.8 Å². The second-order valence-electron chi connectivity index (χ2n) is 7.46. The summed E-state index contributed by atoms with van der Waals surface area (Å²) in [4.78, 5) is 16.1. The first-order chi connectivity index (χ1) is 14.1. The molecule has 1 fully saturated rings. The molecule has 0 unspecified atom stereocenters. The molecular weight excluding hydrogens is 365 g/mol. The van der Waals surface area contributed by atoms with Gasteiger partial charge in [-0.15, -0.1) is 0 Å². The molecule has 0 spiro atoms. The molecule has 0 N–H and O–H groups in total. The molecule has 6 heteroatoms. The van der Waals surface area contributed by atoms with E-state index in [1.54, 1.807) is 0 Å². The highest BCUT2D eigenvalue weighted by Gasteiger charge is 2.20. The van der Waals surface area contributed by atoms with Crippen molar-refractivity contribution in [1.82, 2.24) is 9.97 Å². The number of benzene rings is 2. The summed E-state index contributed by atoms with van der Waals surface area (Å²) in [7, 11) is 2.03. The summed E-state index contributed by atoms with van der Waals surface area (Å²) in [6, 6.07) is 19.1. The summed E-state index contributed by atoms with van der Waals surface area (Å²) in [6.07, 6.45) is 0. The highest BCUT2D eigenvalue weighted by Crippen LogP contribution is 2.22. The minimum absolute atomic E-state index is 0.198. The van der Waals surface area contributed by atoms with Crippen molar-refractivity contribution in [3.05, 3.63) is 77.7 Å². The van der Waals surface area contributed by atoms with E-state index in [0.29, 0.717) is 0 Å². The zero-order valence-electron chi connectivity index (χ0n) is 16.9. The zero-order chi connectivity index (χ0) is 20.2. The van der Waals surface area contributed by atoms with Gasteiger partial charge in [0.15, 0.2) is 0 Å². The van der Waals surface area contributed by atoms with Crippen molar-refractivity contribution in [3.8, 4) is 0 Å². The fourth-order valence-electron chi connectivity index (χ4n) is 3.64. The number of piperazine rings is 1. The Hall–Kier alpha value is -3.15. The molecule has 0 atom stereocenters. The molecule has 5 nitrogen and oxygen atoms in total. The maximum Gasteiger partial charge on any atom is 0.227 e. The van der Waals surface area contributed by atoms with Crippen molar-refractivity contribution in [3.63, 3.8) is 0 Å². The number of hydrogen-bond donors (Lipinski definition) is 0. The van der Waals surface area contributed by atoms with Crippen LogP contribution in [-0.2, 0) is 6.54 Å². The van der Waals surface area contributed by atoms with Gasteiger partial charge in [-0.2, -0.15) is 4.98 Å². The van der Waals surface area contributed by atoms with Crippen molar-refractivity contribution >= 4 is 17.5 Å². The van der Waals surface area contributed by atoms with Gasteiger partial charge < -0.3 is 14.7 Å². The van der Waals surface area contributed by atoms with Crippen molar-refractivity contribution in [2.75, 3.05) is 47.9 Å². The summed E-state index contributed by atoms with van der Waals surface area (Å²) < 4.78 is 13.2. The van der Waals surface area contributed by atoms with Gasteiger partial charge in [0.1, 0.15) is 11.6 Å². The van der Waals surface area contributed by atoms with Crippen LogP contribution in [0.5, 0.6) is 0 Å². The second-order valence-corrected chi connectivity index (χ2v) is 7.46. The highest BCUT2D eigenvalue weighted by atomic mass is 19.1. The number of anilines is 3. The van der Waals surface area contributed by atoms with E-state index < -0.39 is 0 Å². The van der Waals surface area contributed by atoms with Gasteiger partial charge in [0.05, 0.1) is 0 Å². The maximum atomic E-state index is 13.2. The van der Waals surface area contributed by atoms with Crippen molar-refractivity contribution in [1.29, 1.82) is 0 Å². The topological polar surface area (TPSA) is 35.5 Å². The summed E-state index contributed by atoms with van der Waals surface area (Å²) >= 11 is 0. The van der Waals surface area contributed by atoms with Crippen LogP contribution < -0.4 is 14.7 Å². The maximum absolute atomic E-state index is 13.2. The molecule has 1 aliphatic heterocycles. The lowest BCUT2D eigenvalue weighted by Crippen LogP contribution is -2.47. The third-order valence-corrected chi connectivity index (χ3v) is 5.23. The average molecular weight is 391 g/mol. The van der Waals surface area contributed by atoms with Crippen LogP contribution in [0.25, 0.3) is 0 Å². The smallest absolute Gasteiger partial charge is 0.227 e. The molecule has 2 heterocycles. The van der Waals surface area contributed by atoms with Crippen LogP contribution in [-0.4, -0.2) is 43.2 Å². The van der Waals surface area contributed by atoms with Crippen LogP contribution in [0.3, 0.4) is 0 Å². The predicted octanol–water partition coefficient (Wildman–Crippen LogP) is 3.89. The molecule has 29 heavy (non-hydrogen) atoms. The van der Waals surface area contributed by atoms with Gasteiger partial charge >= 0.3 is 0 Å². The van der Waals surface area contributed by atoms with Crippen LogP contribution >= 0.6 is 0 Å². The normalized spacial score (nSPS) is 14.2. The third-order valence-electron chi connectivity index (χ3n) is 5.23. The molecule has 1 saturated heterocycles. The van der Waals surface area contributed by atoms with Crippen molar-refractivity contribution in [2.45, 2.75) is 13.5 Å². The lowest BCUT2D eigenvalue weighted by molar-refractivity contribution is 0.624. The number of aryl methyl sites for hydroxylation is 1. The minimum atomic E-state index is -0.198. The largest absolute Gasteiger partial charge is 0.368 e. The Bertz CT molecular complexity index is 937. The first-order valence-electron chi connectivity index (χ1n) is 9.95. The van der Waals surface area contributed by atoms with E-state index in [1.807, 2.05) is 50.4 Å². The Morgan fingerprint density at radius 3 is 2.24 bits per heavy atom. The van der Waals surface area contributed by atoms with E-state index in [2.05, 4.69) is 31.8 Å². The monoisotopic (exact) mass is 391 g/mol. The second kappa shape index (κ2) is 8.47. The van der Waals surface area contributed by atoms with E-state index in [4.69, 9.17) is 4.98 Å². The lowest BCUT2D eigenvalue weighted by atomic mass is 10.2. The summed E-state index contributed by atoms with van der Waals surface area (Å²) in [5, 5.41) is 0. The fourth-order valence-corrected chi connectivity index (χ4v) is 3.64. The van der Waals surface area contributed by atoms with E-state index in [1.165, 1.54) is 17.7 Å². The van der Waals surface area contributed by atoms with Gasteiger partial charge in [0, 0.05) is 57.2 Å². The molecule has 1 aromatic heterocycles. The molecular formula is C23H26FN5. The van der Waals surface area contributed by atoms with Gasteiger partial charge in [-0.1, -0.05) is 30.3 Å². The van der Waals surface area contributed by atoms with Crippen molar-refractivity contribution in [2.24, 2.45) is 0 Å². The number of rotatable bonds is 5. The Morgan fingerprint density at radius 2 is 1.55 bits per heavy atom. The Morgan fingerprint density at radius 1 is 0.897 bits per heavy atom. The summed E-state index contributed by atoms with van der Waals surface area (Å²) in [5.74, 6) is 1.51. The Balaban J connectivity index is 1.44. The SMILES string of the molecule is Cc1cc(N2CCN(c3ccc(F)cc3)CC2)nc(N(C)Cc2ccccc2)n1. The van der Waals surface area contributed by atoms with E-state index in [9.17, 15) is 4.39 Å².